The molecule has 0 aromatic heterocycles. The van der Waals surface area contributed by atoms with Gasteiger partial charge in [-0.25, -0.2) is 5.43 Å². The fourth-order valence-electron chi connectivity index (χ4n) is 2.77. The van der Waals surface area contributed by atoms with Gasteiger partial charge in [0, 0.05) is 11.3 Å². The van der Waals surface area contributed by atoms with Crippen molar-refractivity contribution in [3.63, 3.8) is 0 Å². The zero-order chi connectivity index (χ0) is 16.8. The standard InChI is InChI=1S/C17H24N2O4/c1-11-6-5-7-13(8-11)18-19-17(20)12-9-14(21-2)16(23-4)15(10-12)22-3/h9-11H,5-8H2,1-4H3,(H,19,20)/b18-13-/t11-/m1/s1. The monoisotopic (exact) mass is 320 g/mol. The molecule has 23 heavy (non-hydrogen) atoms. The Kier molecular flexibility index (Phi) is 5.84. The van der Waals surface area contributed by atoms with Gasteiger partial charge in [0.15, 0.2) is 11.5 Å². The minimum absolute atomic E-state index is 0.296. The van der Waals surface area contributed by atoms with Crippen LogP contribution in [0.3, 0.4) is 0 Å². The number of ether oxygens (including phenoxy) is 3. The number of carbonyl (C=O) groups is 1. The van der Waals surface area contributed by atoms with E-state index in [2.05, 4.69) is 17.5 Å². The fraction of sp³-hybridized carbons (Fsp3) is 0.529. The van der Waals surface area contributed by atoms with Gasteiger partial charge in [-0.3, -0.25) is 4.79 Å². The molecule has 0 unspecified atom stereocenters. The molecule has 1 aromatic carbocycles. The highest BCUT2D eigenvalue weighted by Gasteiger charge is 2.18. The van der Waals surface area contributed by atoms with E-state index < -0.39 is 0 Å². The predicted octanol–water partition coefficient (Wildman–Crippen LogP) is 3.01. The molecular formula is C17H24N2O4. The first kappa shape index (κ1) is 17.1. The van der Waals surface area contributed by atoms with E-state index in [-0.39, 0.29) is 5.91 Å². The highest BCUT2D eigenvalue weighted by Crippen LogP contribution is 2.38. The lowest BCUT2D eigenvalue weighted by Crippen LogP contribution is -2.22. The summed E-state index contributed by atoms with van der Waals surface area (Å²) < 4.78 is 15.8. The van der Waals surface area contributed by atoms with Crippen LogP contribution in [0, 0.1) is 5.92 Å². The summed E-state index contributed by atoms with van der Waals surface area (Å²) in [6, 6.07) is 3.22. The molecule has 1 amide bonds. The summed E-state index contributed by atoms with van der Waals surface area (Å²) in [4.78, 5) is 12.3. The Hall–Kier alpha value is -2.24. The van der Waals surface area contributed by atoms with Crippen LogP contribution in [0.15, 0.2) is 17.2 Å². The second-order valence-corrected chi connectivity index (χ2v) is 5.73. The number of methoxy groups -OCH3 is 3. The molecule has 0 radical (unpaired) electrons. The van der Waals surface area contributed by atoms with Crippen LogP contribution in [-0.2, 0) is 0 Å². The highest BCUT2D eigenvalue weighted by atomic mass is 16.5. The van der Waals surface area contributed by atoms with Crippen LogP contribution < -0.4 is 19.6 Å². The Balaban J connectivity index is 2.17. The molecule has 6 heteroatoms. The number of hydrogen-bond donors (Lipinski definition) is 1. The highest BCUT2D eigenvalue weighted by molar-refractivity contribution is 5.96. The molecule has 1 aliphatic rings. The summed E-state index contributed by atoms with van der Waals surface area (Å²) in [6.45, 7) is 2.20. The quantitative estimate of drug-likeness (QED) is 0.847. The van der Waals surface area contributed by atoms with Crippen molar-refractivity contribution < 1.29 is 19.0 Å². The molecular weight excluding hydrogens is 296 g/mol. The molecule has 1 fully saturated rings. The second-order valence-electron chi connectivity index (χ2n) is 5.73. The van der Waals surface area contributed by atoms with Gasteiger partial charge in [0.05, 0.1) is 21.3 Å². The number of benzene rings is 1. The minimum Gasteiger partial charge on any atom is -0.493 e. The van der Waals surface area contributed by atoms with Crippen molar-refractivity contribution in [2.24, 2.45) is 11.0 Å². The zero-order valence-electron chi connectivity index (χ0n) is 14.1. The van der Waals surface area contributed by atoms with Gasteiger partial charge < -0.3 is 14.2 Å². The largest absolute Gasteiger partial charge is 0.493 e. The van der Waals surface area contributed by atoms with Gasteiger partial charge in [0.2, 0.25) is 5.75 Å². The van der Waals surface area contributed by atoms with E-state index >= 15 is 0 Å². The van der Waals surface area contributed by atoms with Crippen molar-refractivity contribution in [2.45, 2.75) is 32.6 Å². The topological polar surface area (TPSA) is 69.2 Å². The molecule has 1 atom stereocenters. The Morgan fingerprint density at radius 1 is 1.17 bits per heavy atom. The smallest absolute Gasteiger partial charge is 0.271 e. The van der Waals surface area contributed by atoms with E-state index in [4.69, 9.17) is 14.2 Å². The van der Waals surface area contributed by atoms with Crippen LogP contribution in [0.5, 0.6) is 17.2 Å². The molecule has 0 aliphatic heterocycles. The average Bonchev–Trinajstić information content (AvgIpc) is 2.58. The summed E-state index contributed by atoms with van der Waals surface area (Å²) in [6.07, 6.45) is 4.23. The lowest BCUT2D eigenvalue weighted by atomic mass is 9.89. The molecule has 6 nitrogen and oxygen atoms in total. The molecule has 1 aliphatic carbocycles. The Morgan fingerprint density at radius 3 is 2.35 bits per heavy atom. The van der Waals surface area contributed by atoms with Crippen molar-refractivity contribution in [1.29, 1.82) is 0 Å². The van der Waals surface area contributed by atoms with Crippen LogP contribution in [0.2, 0.25) is 0 Å². The molecule has 1 N–H and O–H groups in total. The number of nitrogens with one attached hydrogen (secondary N) is 1. The van der Waals surface area contributed by atoms with Gasteiger partial charge in [0.25, 0.3) is 5.91 Å². The fourth-order valence-corrected chi connectivity index (χ4v) is 2.77. The van der Waals surface area contributed by atoms with Crippen molar-refractivity contribution in [1.82, 2.24) is 5.43 Å². The van der Waals surface area contributed by atoms with E-state index in [1.54, 1.807) is 12.1 Å². The maximum absolute atomic E-state index is 12.3. The van der Waals surface area contributed by atoms with E-state index in [9.17, 15) is 4.79 Å². The normalized spacial score (nSPS) is 19.3. The van der Waals surface area contributed by atoms with E-state index in [0.29, 0.717) is 28.7 Å². The molecule has 0 heterocycles. The van der Waals surface area contributed by atoms with Gasteiger partial charge in [0.1, 0.15) is 0 Å². The number of nitrogens with zero attached hydrogens (tertiary/aromatic N) is 1. The van der Waals surface area contributed by atoms with Gasteiger partial charge in [-0.05, 0) is 43.7 Å². The van der Waals surface area contributed by atoms with Crippen LogP contribution in [0.25, 0.3) is 0 Å². The maximum Gasteiger partial charge on any atom is 0.271 e. The van der Waals surface area contributed by atoms with E-state index in [0.717, 1.165) is 25.0 Å². The Labute approximate surface area is 136 Å². The van der Waals surface area contributed by atoms with Crippen molar-refractivity contribution in [3.8, 4) is 17.2 Å². The summed E-state index contributed by atoms with van der Waals surface area (Å²) in [5.74, 6) is 1.67. The predicted molar refractivity (Wildman–Crippen MR) is 88.6 cm³/mol. The molecule has 1 saturated carbocycles. The van der Waals surface area contributed by atoms with Crippen molar-refractivity contribution >= 4 is 11.6 Å². The molecule has 1 aromatic rings. The molecule has 126 valence electrons. The number of amides is 1. The summed E-state index contributed by atoms with van der Waals surface area (Å²) in [5.41, 5.74) is 4.08. The first-order chi connectivity index (χ1) is 11.1. The van der Waals surface area contributed by atoms with Crippen LogP contribution in [-0.4, -0.2) is 32.9 Å². The molecule has 0 bridgehead atoms. The lowest BCUT2D eigenvalue weighted by molar-refractivity contribution is 0.0953. The minimum atomic E-state index is -0.296. The van der Waals surface area contributed by atoms with Gasteiger partial charge >= 0.3 is 0 Å². The van der Waals surface area contributed by atoms with Crippen molar-refractivity contribution in [2.75, 3.05) is 21.3 Å². The van der Waals surface area contributed by atoms with Crippen LogP contribution in [0.1, 0.15) is 43.0 Å². The lowest BCUT2D eigenvalue weighted by Gasteiger charge is -2.19. The first-order valence-electron chi connectivity index (χ1n) is 7.74. The summed E-state index contributed by atoms with van der Waals surface area (Å²) in [7, 11) is 4.56. The van der Waals surface area contributed by atoms with Crippen molar-refractivity contribution in [3.05, 3.63) is 17.7 Å². The zero-order valence-corrected chi connectivity index (χ0v) is 14.1. The number of carbonyl (C=O) groups excluding carboxylic acids is 1. The third-order valence-electron chi connectivity index (χ3n) is 3.99. The van der Waals surface area contributed by atoms with Gasteiger partial charge in [-0.2, -0.15) is 5.10 Å². The van der Waals surface area contributed by atoms with Crippen LogP contribution in [0.4, 0.5) is 0 Å². The first-order valence-corrected chi connectivity index (χ1v) is 7.74. The van der Waals surface area contributed by atoms with Crippen LogP contribution >= 0.6 is 0 Å². The van der Waals surface area contributed by atoms with E-state index in [1.807, 2.05) is 0 Å². The van der Waals surface area contributed by atoms with Gasteiger partial charge in [-0.1, -0.05) is 6.92 Å². The Bertz CT molecular complexity index is 573. The Morgan fingerprint density at radius 2 is 1.83 bits per heavy atom. The average molecular weight is 320 g/mol. The molecule has 0 spiro atoms. The molecule has 0 saturated heterocycles. The summed E-state index contributed by atoms with van der Waals surface area (Å²) in [5, 5.41) is 4.27. The summed E-state index contributed by atoms with van der Waals surface area (Å²) >= 11 is 0. The van der Waals surface area contributed by atoms with E-state index in [1.165, 1.54) is 27.8 Å². The number of hydrazone groups is 1. The SMILES string of the molecule is COc1cc(C(=O)N/N=C2/CCC[C@@H](C)C2)cc(OC)c1OC. The number of rotatable bonds is 5. The maximum atomic E-state index is 12.3. The number of hydrogen-bond acceptors (Lipinski definition) is 5. The third kappa shape index (κ3) is 4.15. The van der Waals surface area contributed by atoms with Gasteiger partial charge in [-0.15, -0.1) is 0 Å². The second kappa shape index (κ2) is 7.85. The molecule has 2 rings (SSSR count). The third-order valence-corrected chi connectivity index (χ3v) is 3.99.